The number of thiophene rings is 1. The number of hydrogen-bond acceptors (Lipinski definition) is 7. The SMILES string of the molecule is CCOC(=O)c1cccnc1Nc1ccc(C(=O)Cc2cc(-c3cccs3)ccc2OC)cc1. The molecule has 2 aromatic heterocycles. The monoisotopic (exact) mass is 472 g/mol. The molecule has 0 atom stereocenters. The van der Waals surface area contributed by atoms with Crippen molar-refractivity contribution in [3.05, 3.63) is 95.0 Å². The zero-order valence-corrected chi connectivity index (χ0v) is 19.7. The van der Waals surface area contributed by atoms with Crippen LogP contribution in [0, 0.1) is 0 Å². The molecule has 4 rings (SSSR count). The summed E-state index contributed by atoms with van der Waals surface area (Å²) in [6.07, 6.45) is 1.82. The van der Waals surface area contributed by atoms with E-state index in [2.05, 4.69) is 16.4 Å². The lowest BCUT2D eigenvalue weighted by Crippen LogP contribution is -2.09. The summed E-state index contributed by atoms with van der Waals surface area (Å²) in [6.45, 7) is 2.04. The average molecular weight is 473 g/mol. The number of benzene rings is 2. The van der Waals surface area contributed by atoms with Gasteiger partial charge in [0.2, 0.25) is 0 Å². The van der Waals surface area contributed by atoms with Gasteiger partial charge in [0.15, 0.2) is 5.78 Å². The molecule has 4 aromatic rings. The lowest BCUT2D eigenvalue weighted by atomic mass is 9.99. The van der Waals surface area contributed by atoms with E-state index in [1.54, 1.807) is 68.0 Å². The lowest BCUT2D eigenvalue weighted by molar-refractivity contribution is 0.0527. The largest absolute Gasteiger partial charge is 0.496 e. The van der Waals surface area contributed by atoms with Crippen LogP contribution in [0.25, 0.3) is 10.4 Å². The highest BCUT2D eigenvalue weighted by Gasteiger charge is 2.15. The number of aromatic nitrogens is 1. The first-order chi connectivity index (χ1) is 16.6. The Balaban J connectivity index is 1.50. The summed E-state index contributed by atoms with van der Waals surface area (Å²) >= 11 is 1.65. The van der Waals surface area contributed by atoms with Crippen LogP contribution in [0.1, 0.15) is 33.2 Å². The van der Waals surface area contributed by atoms with E-state index in [0.717, 1.165) is 16.0 Å². The number of methoxy groups -OCH3 is 1. The molecule has 0 spiro atoms. The fraction of sp³-hybridized carbons (Fsp3) is 0.148. The molecular formula is C27H24N2O4S. The number of pyridine rings is 1. The van der Waals surface area contributed by atoms with Crippen molar-refractivity contribution in [3.63, 3.8) is 0 Å². The molecule has 2 aromatic carbocycles. The van der Waals surface area contributed by atoms with Gasteiger partial charge in [-0.25, -0.2) is 9.78 Å². The molecule has 6 nitrogen and oxygen atoms in total. The number of carbonyl (C=O) groups excluding carboxylic acids is 2. The maximum Gasteiger partial charge on any atom is 0.341 e. The van der Waals surface area contributed by atoms with Gasteiger partial charge < -0.3 is 14.8 Å². The number of ether oxygens (including phenoxy) is 2. The molecule has 0 aliphatic carbocycles. The molecule has 0 radical (unpaired) electrons. The lowest BCUT2D eigenvalue weighted by Gasteiger charge is -2.12. The fourth-order valence-corrected chi connectivity index (χ4v) is 4.27. The number of rotatable bonds is 9. The third-order valence-corrected chi connectivity index (χ3v) is 6.13. The average Bonchev–Trinajstić information content (AvgIpc) is 3.40. The van der Waals surface area contributed by atoms with Crippen molar-refractivity contribution < 1.29 is 19.1 Å². The number of nitrogens with zero attached hydrogens (tertiary/aromatic N) is 1. The Hall–Kier alpha value is -3.97. The smallest absolute Gasteiger partial charge is 0.341 e. The van der Waals surface area contributed by atoms with Crippen LogP contribution in [0.15, 0.2) is 78.3 Å². The van der Waals surface area contributed by atoms with Gasteiger partial charge in [-0.3, -0.25) is 4.79 Å². The highest BCUT2D eigenvalue weighted by atomic mass is 32.1. The van der Waals surface area contributed by atoms with Crippen LogP contribution in [0.4, 0.5) is 11.5 Å². The van der Waals surface area contributed by atoms with Crippen LogP contribution < -0.4 is 10.1 Å². The molecule has 0 unspecified atom stereocenters. The highest BCUT2D eigenvalue weighted by molar-refractivity contribution is 7.13. The van der Waals surface area contributed by atoms with E-state index in [0.29, 0.717) is 28.4 Å². The Bertz CT molecular complexity index is 1280. The number of ketones is 1. The second kappa shape index (κ2) is 10.8. The van der Waals surface area contributed by atoms with Gasteiger partial charge in [-0.2, -0.15) is 0 Å². The summed E-state index contributed by atoms with van der Waals surface area (Å²) in [5.74, 6) is 0.630. The number of esters is 1. The van der Waals surface area contributed by atoms with Crippen molar-refractivity contribution >= 4 is 34.6 Å². The summed E-state index contributed by atoms with van der Waals surface area (Å²) < 4.78 is 10.6. The Morgan fingerprint density at radius 1 is 1.03 bits per heavy atom. The van der Waals surface area contributed by atoms with Crippen molar-refractivity contribution in [1.29, 1.82) is 0 Å². The van der Waals surface area contributed by atoms with E-state index >= 15 is 0 Å². The van der Waals surface area contributed by atoms with Crippen molar-refractivity contribution in [2.24, 2.45) is 0 Å². The summed E-state index contributed by atoms with van der Waals surface area (Å²) in [7, 11) is 1.61. The molecule has 172 valence electrons. The first kappa shape index (κ1) is 23.2. The predicted molar refractivity (Wildman–Crippen MR) is 134 cm³/mol. The van der Waals surface area contributed by atoms with Gasteiger partial charge in [-0.1, -0.05) is 6.07 Å². The molecule has 0 aliphatic rings. The Morgan fingerprint density at radius 3 is 2.56 bits per heavy atom. The Kier molecular flexibility index (Phi) is 7.34. The number of Topliss-reactive ketones (excluding diaryl/α,β-unsaturated/α-hetero) is 1. The maximum absolute atomic E-state index is 13.0. The zero-order valence-electron chi connectivity index (χ0n) is 18.9. The number of carbonyl (C=O) groups is 2. The quantitative estimate of drug-likeness (QED) is 0.232. The minimum atomic E-state index is -0.441. The topological polar surface area (TPSA) is 77.5 Å². The third kappa shape index (κ3) is 5.32. The molecule has 0 aliphatic heterocycles. The first-order valence-corrected chi connectivity index (χ1v) is 11.7. The number of hydrogen-bond donors (Lipinski definition) is 1. The first-order valence-electron chi connectivity index (χ1n) is 10.8. The van der Waals surface area contributed by atoms with Crippen molar-refractivity contribution in [2.45, 2.75) is 13.3 Å². The molecule has 7 heteroatoms. The molecule has 34 heavy (non-hydrogen) atoms. The van der Waals surface area contributed by atoms with Crippen molar-refractivity contribution in [2.75, 3.05) is 19.0 Å². The number of anilines is 2. The normalized spacial score (nSPS) is 10.5. The van der Waals surface area contributed by atoms with E-state index in [1.165, 1.54) is 0 Å². The van der Waals surface area contributed by atoms with Gasteiger partial charge in [-0.15, -0.1) is 11.3 Å². The molecule has 0 amide bonds. The molecule has 2 heterocycles. The van der Waals surface area contributed by atoms with E-state index in [-0.39, 0.29) is 18.8 Å². The van der Waals surface area contributed by atoms with Crippen LogP contribution in [0.5, 0.6) is 5.75 Å². The van der Waals surface area contributed by atoms with E-state index in [9.17, 15) is 9.59 Å². The van der Waals surface area contributed by atoms with Crippen LogP contribution in [-0.2, 0) is 11.2 Å². The van der Waals surface area contributed by atoms with Crippen LogP contribution >= 0.6 is 11.3 Å². The molecule has 0 saturated heterocycles. The molecule has 0 fully saturated rings. The Morgan fingerprint density at radius 2 is 1.85 bits per heavy atom. The predicted octanol–water partition coefficient (Wildman–Crippen LogP) is 6.16. The van der Waals surface area contributed by atoms with E-state index in [4.69, 9.17) is 9.47 Å². The van der Waals surface area contributed by atoms with Gasteiger partial charge in [0.25, 0.3) is 0 Å². The Labute approximate surface area is 202 Å². The minimum Gasteiger partial charge on any atom is -0.496 e. The van der Waals surface area contributed by atoms with Crippen LogP contribution in [0.2, 0.25) is 0 Å². The standard InChI is InChI=1S/C27H24N2O4S/c1-3-33-27(31)22-6-4-14-28-26(22)29-21-11-8-18(9-12-21)23(30)17-20-16-19(10-13-24(20)32-2)25-7-5-15-34-25/h4-16H,3,17H2,1-2H3,(H,28,29). The van der Waals surface area contributed by atoms with E-state index in [1.807, 2.05) is 29.6 Å². The summed E-state index contributed by atoms with van der Waals surface area (Å²) in [5.41, 5.74) is 3.54. The third-order valence-electron chi connectivity index (χ3n) is 5.21. The van der Waals surface area contributed by atoms with Crippen molar-refractivity contribution in [3.8, 4) is 16.2 Å². The van der Waals surface area contributed by atoms with Gasteiger partial charge in [0.05, 0.1) is 13.7 Å². The summed E-state index contributed by atoms with van der Waals surface area (Å²) in [5, 5.41) is 5.16. The van der Waals surface area contributed by atoms with Crippen LogP contribution in [-0.4, -0.2) is 30.5 Å². The maximum atomic E-state index is 13.0. The molecular weight excluding hydrogens is 448 g/mol. The second-order valence-corrected chi connectivity index (χ2v) is 8.37. The van der Waals surface area contributed by atoms with E-state index < -0.39 is 5.97 Å². The van der Waals surface area contributed by atoms with Gasteiger partial charge in [0, 0.05) is 34.3 Å². The molecule has 0 bridgehead atoms. The van der Waals surface area contributed by atoms with Gasteiger partial charge in [-0.05, 0) is 78.5 Å². The zero-order chi connectivity index (χ0) is 23.9. The molecule has 0 saturated carbocycles. The van der Waals surface area contributed by atoms with Crippen LogP contribution in [0.3, 0.4) is 0 Å². The van der Waals surface area contributed by atoms with Gasteiger partial charge in [0.1, 0.15) is 17.1 Å². The fourth-order valence-electron chi connectivity index (χ4n) is 3.54. The minimum absolute atomic E-state index is 0.0155. The highest BCUT2D eigenvalue weighted by Crippen LogP contribution is 2.30. The molecule has 1 N–H and O–H groups in total. The van der Waals surface area contributed by atoms with Crippen molar-refractivity contribution in [1.82, 2.24) is 4.98 Å². The summed E-state index contributed by atoms with van der Waals surface area (Å²) in [6, 6.07) is 20.4. The summed E-state index contributed by atoms with van der Waals surface area (Å²) in [4.78, 5) is 30.6. The number of nitrogens with one attached hydrogen (secondary N) is 1. The second-order valence-electron chi connectivity index (χ2n) is 7.43. The van der Waals surface area contributed by atoms with Gasteiger partial charge >= 0.3 is 5.97 Å².